The highest BCUT2D eigenvalue weighted by molar-refractivity contribution is 7.18. The molecule has 0 atom stereocenters. The number of hydrogen-bond donors (Lipinski definition) is 1. The van der Waals surface area contributed by atoms with Crippen molar-refractivity contribution in [2.24, 2.45) is 0 Å². The number of nitro groups is 1. The summed E-state index contributed by atoms with van der Waals surface area (Å²) in [6.45, 7) is 5.71. The molecular weight excluding hydrogens is 366 g/mol. The zero-order valence-corrected chi connectivity index (χ0v) is 15.6. The van der Waals surface area contributed by atoms with E-state index in [4.69, 9.17) is 4.42 Å². The van der Waals surface area contributed by atoms with Gasteiger partial charge in [-0.2, -0.15) is 0 Å². The number of aromatic nitrogens is 2. The number of H-pyrrole nitrogens is 1. The van der Waals surface area contributed by atoms with E-state index in [0.29, 0.717) is 33.1 Å². The number of nitrogens with one attached hydrogen (secondary N) is 1. The molecule has 0 aliphatic rings. The molecule has 3 aromatic heterocycles. The van der Waals surface area contributed by atoms with E-state index in [-0.39, 0.29) is 11.2 Å². The molecule has 3 heterocycles. The lowest BCUT2D eigenvalue weighted by molar-refractivity contribution is -0.384. The topological polar surface area (TPSA) is 102 Å². The van der Waals surface area contributed by atoms with E-state index < -0.39 is 4.92 Å². The van der Waals surface area contributed by atoms with Crippen LogP contribution in [0.4, 0.5) is 5.69 Å². The predicted molar refractivity (Wildman–Crippen MR) is 104 cm³/mol. The first-order valence-corrected chi connectivity index (χ1v) is 9.02. The third kappa shape index (κ3) is 2.83. The van der Waals surface area contributed by atoms with Gasteiger partial charge in [0.15, 0.2) is 11.6 Å². The Hall–Kier alpha value is -3.26. The number of thiophene rings is 1. The Balaban J connectivity index is 1.82. The maximum absolute atomic E-state index is 12.5. The van der Waals surface area contributed by atoms with E-state index in [9.17, 15) is 14.9 Å². The van der Waals surface area contributed by atoms with Crippen molar-refractivity contribution in [1.82, 2.24) is 9.97 Å². The molecule has 4 rings (SSSR count). The van der Waals surface area contributed by atoms with Gasteiger partial charge in [-0.15, -0.1) is 11.3 Å². The Bertz CT molecular complexity index is 1270. The van der Waals surface area contributed by atoms with E-state index in [1.54, 1.807) is 18.2 Å². The smallest absolute Gasteiger partial charge is 0.270 e. The first kappa shape index (κ1) is 17.2. The largest absolute Gasteiger partial charge is 0.453 e. The highest BCUT2D eigenvalue weighted by atomic mass is 32.1. The Morgan fingerprint density at radius 3 is 2.63 bits per heavy atom. The number of aryl methyl sites for hydroxylation is 3. The molecule has 0 aliphatic heterocycles. The van der Waals surface area contributed by atoms with Gasteiger partial charge in [0, 0.05) is 22.6 Å². The Morgan fingerprint density at radius 2 is 1.89 bits per heavy atom. The maximum atomic E-state index is 12.5. The van der Waals surface area contributed by atoms with Crippen LogP contribution >= 0.6 is 11.3 Å². The van der Waals surface area contributed by atoms with Gasteiger partial charge in [-0.25, -0.2) is 4.98 Å². The highest BCUT2D eigenvalue weighted by Crippen LogP contribution is 2.32. The zero-order chi connectivity index (χ0) is 19.3. The van der Waals surface area contributed by atoms with Gasteiger partial charge in [0.1, 0.15) is 10.6 Å². The number of nitro benzene ring substituents is 1. The molecular formula is C19H15N3O4S. The summed E-state index contributed by atoms with van der Waals surface area (Å²) in [6.07, 6.45) is 0. The van der Waals surface area contributed by atoms with Crippen molar-refractivity contribution in [2.75, 3.05) is 0 Å². The van der Waals surface area contributed by atoms with Crippen LogP contribution < -0.4 is 5.56 Å². The number of non-ortho nitro benzene ring substituents is 1. The van der Waals surface area contributed by atoms with Crippen LogP contribution in [-0.2, 0) is 0 Å². The average molecular weight is 381 g/mol. The van der Waals surface area contributed by atoms with E-state index in [0.717, 1.165) is 16.0 Å². The molecule has 0 saturated heterocycles. The first-order chi connectivity index (χ1) is 12.8. The molecule has 0 spiro atoms. The van der Waals surface area contributed by atoms with Crippen molar-refractivity contribution in [1.29, 1.82) is 0 Å². The normalized spacial score (nSPS) is 11.2. The van der Waals surface area contributed by atoms with Crippen LogP contribution in [0.1, 0.15) is 16.0 Å². The molecule has 7 nitrogen and oxygen atoms in total. The number of benzene rings is 1. The highest BCUT2D eigenvalue weighted by Gasteiger charge is 2.17. The van der Waals surface area contributed by atoms with E-state index in [1.165, 1.54) is 23.5 Å². The molecule has 4 aromatic rings. The fourth-order valence-corrected chi connectivity index (χ4v) is 4.00. The minimum Gasteiger partial charge on any atom is -0.453 e. The van der Waals surface area contributed by atoms with Crippen molar-refractivity contribution >= 4 is 27.2 Å². The minimum atomic E-state index is -0.443. The third-order valence-electron chi connectivity index (χ3n) is 4.58. The molecule has 27 heavy (non-hydrogen) atoms. The lowest BCUT2D eigenvalue weighted by Gasteiger charge is -2.03. The van der Waals surface area contributed by atoms with Crippen molar-refractivity contribution in [3.05, 3.63) is 66.8 Å². The van der Waals surface area contributed by atoms with Crippen LogP contribution in [0, 0.1) is 30.9 Å². The summed E-state index contributed by atoms with van der Waals surface area (Å²) in [6, 6.07) is 8.03. The summed E-state index contributed by atoms with van der Waals surface area (Å²) in [4.78, 5) is 32.0. The molecule has 0 fully saturated rings. The Labute approximate surface area is 157 Å². The summed E-state index contributed by atoms with van der Waals surface area (Å²) >= 11 is 1.46. The number of aromatic amines is 1. The van der Waals surface area contributed by atoms with Gasteiger partial charge in [-0.3, -0.25) is 14.9 Å². The number of hydrogen-bond acceptors (Lipinski definition) is 6. The lowest BCUT2D eigenvalue weighted by atomic mass is 10.1. The zero-order valence-electron chi connectivity index (χ0n) is 14.8. The number of furan rings is 1. The standard InChI is InChI=1S/C19H15N3O4S/c1-9-4-5-12(22(24)25)8-13(9)14-6-7-15(26-14)17-20-18(23)16-10(2)11(3)27-19(16)21-17/h4-8H,1-3H3,(H,20,21,23). The van der Waals surface area contributed by atoms with Crippen LogP contribution in [0.3, 0.4) is 0 Å². The van der Waals surface area contributed by atoms with Gasteiger partial charge < -0.3 is 9.40 Å². The third-order valence-corrected chi connectivity index (χ3v) is 5.68. The van der Waals surface area contributed by atoms with E-state index in [1.807, 2.05) is 20.8 Å². The van der Waals surface area contributed by atoms with E-state index in [2.05, 4.69) is 9.97 Å². The molecule has 0 bridgehead atoms. The SMILES string of the molecule is Cc1ccc([N+](=O)[O-])cc1-c1ccc(-c2nc3sc(C)c(C)c3c(=O)[nH]2)o1. The van der Waals surface area contributed by atoms with Gasteiger partial charge >= 0.3 is 0 Å². The minimum absolute atomic E-state index is 0.00830. The summed E-state index contributed by atoms with van der Waals surface area (Å²) in [7, 11) is 0. The quantitative estimate of drug-likeness (QED) is 0.408. The van der Waals surface area contributed by atoms with Crippen molar-refractivity contribution < 1.29 is 9.34 Å². The molecule has 0 saturated carbocycles. The van der Waals surface area contributed by atoms with Crippen LogP contribution in [0.15, 0.2) is 39.5 Å². The molecule has 0 aliphatic carbocycles. The van der Waals surface area contributed by atoms with Gasteiger partial charge in [0.25, 0.3) is 11.2 Å². The second-order valence-electron chi connectivity index (χ2n) is 6.30. The van der Waals surface area contributed by atoms with Gasteiger partial charge in [0.2, 0.25) is 0 Å². The van der Waals surface area contributed by atoms with Crippen LogP contribution in [0.5, 0.6) is 0 Å². The summed E-state index contributed by atoms with van der Waals surface area (Å²) < 4.78 is 5.86. The molecule has 136 valence electrons. The second-order valence-corrected chi connectivity index (χ2v) is 7.50. The average Bonchev–Trinajstić information content (AvgIpc) is 3.21. The fraction of sp³-hybridized carbons (Fsp3) is 0.158. The summed E-state index contributed by atoms with van der Waals surface area (Å²) in [5, 5.41) is 11.6. The summed E-state index contributed by atoms with van der Waals surface area (Å²) in [5.41, 5.74) is 2.19. The molecule has 0 radical (unpaired) electrons. The fourth-order valence-electron chi connectivity index (χ4n) is 2.97. The van der Waals surface area contributed by atoms with Gasteiger partial charge in [0.05, 0.1) is 10.3 Å². The molecule has 8 heteroatoms. The van der Waals surface area contributed by atoms with Gasteiger partial charge in [-0.1, -0.05) is 6.07 Å². The first-order valence-electron chi connectivity index (χ1n) is 8.21. The molecule has 0 unspecified atom stereocenters. The predicted octanol–water partition coefficient (Wildman–Crippen LogP) is 4.75. The molecule has 1 aromatic carbocycles. The van der Waals surface area contributed by atoms with Crippen molar-refractivity contribution in [2.45, 2.75) is 20.8 Å². The van der Waals surface area contributed by atoms with Crippen LogP contribution in [-0.4, -0.2) is 14.9 Å². The van der Waals surface area contributed by atoms with Crippen molar-refractivity contribution in [3.8, 4) is 22.9 Å². The summed E-state index contributed by atoms with van der Waals surface area (Å²) in [5.74, 6) is 1.22. The number of rotatable bonds is 3. The lowest BCUT2D eigenvalue weighted by Crippen LogP contribution is -2.08. The molecule has 1 N–H and O–H groups in total. The van der Waals surface area contributed by atoms with E-state index >= 15 is 0 Å². The number of fused-ring (bicyclic) bond motifs is 1. The number of nitrogens with zero attached hydrogens (tertiary/aromatic N) is 2. The van der Waals surface area contributed by atoms with Gasteiger partial charge in [-0.05, 0) is 44.0 Å². The second kappa shape index (κ2) is 6.17. The van der Waals surface area contributed by atoms with Crippen molar-refractivity contribution in [3.63, 3.8) is 0 Å². The van der Waals surface area contributed by atoms with Crippen LogP contribution in [0.2, 0.25) is 0 Å². The maximum Gasteiger partial charge on any atom is 0.270 e. The Morgan fingerprint density at radius 1 is 1.15 bits per heavy atom. The Kier molecular flexibility index (Phi) is 3.92. The van der Waals surface area contributed by atoms with Crippen LogP contribution in [0.25, 0.3) is 33.1 Å². The molecule has 0 amide bonds. The monoisotopic (exact) mass is 381 g/mol.